The fraction of sp³-hybridized carbons (Fsp3) is 0.600. The molecule has 2 rings (SSSR count). The van der Waals surface area contributed by atoms with Crippen molar-refractivity contribution < 1.29 is 4.74 Å². The summed E-state index contributed by atoms with van der Waals surface area (Å²) >= 11 is 3.16. The van der Waals surface area contributed by atoms with Crippen LogP contribution in [0.25, 0.3) is 0 Å². The highest BCUT2D eigenvalue weighted by Gasteiger charge is 2.16. The van der Waals surface area contributed by atoms with Gasteiger partial charge in [0, 0.05) is 0 Å². The number of rotatable bonds is 3. The number of nitrogens with one attached hydrogen (secondary N) is 1. The fourth-order valence-electron chi connectivity index (χ4n) is 1.84. The predicted molar refractivity (Wildman–Crippen MR) is 60.0 cm³/mol. The first-order valence-electron chi connectivity index (χ1n) is 5.13. The van der Waals surface area contributed by atoms with Crippen LogP contribution in [0.3, 0.4) is 0 Å². The molecule has 1 saturated carbocycles. The largest absolute Gasteiger partial charge is 0.476 e. The van der Waals surface area contributed by atoms with Crippen molar-refractivity contribution in [2.75, 3.05) is 6.61 Å². The highest BCUT2D eigenvalue weighted by molar-refractivity contribution is 9.10. The fourth-order valence-corrected chi connectivity index (χ4v) is 2.17. The number of H-pyrrole nitrogens is 1. The van der Waals surface area contributed by atoms with E-state index in [9.17, 15) is 4.79 Å². The second-order valence-corrected chi connectivity index (χ2v) is 4.61. The molecule has 1 aliphatic rings. The van der Waals surface area contributed by atoms with Crippen molar-refractivity contribution in [3.05, 3.63) is 21.2 Å². The Balaban J connectivity index is 1.98. The molecule has 1 heterocycles. The molecule has 1 aromatic heterocycles. The maximum atomic E-state index is 11.2. The topological polar surface area (TPSA) is 55.0 Å². The van der Waals surface area contributed by atoms with Crippen LogP contribution in [0.15, 0.2) is 15.6 Å². The summed E-state index contributed by atoms with van der Waals surface area (Å²) in [7, 11) is 0. The standard InChI is InChI=1S/C10H13BrN2O2/c11-8-9(14)12-6-13-10(8)15-5-7-3-1-2-4-7/h6-7H,1-5H2,(H,12,13,14). The number of halogens is 1. The zero-order chi connectivity index (χ0) is 10.7. The zero-order valence-corrected chi connectivity index (χ0v) is 9.92. The van der Waals surface area contributed by atoms with Crippen LogP contribution in [-0.4, -0.2) is 16.6 Å². The molecule has 0 spiro atoms. The summed E-state index contributed by atoms with van der Waals surface area (Å²) < 4.78 is 5.90. The van der Waals surface area contributed by atoms with E-state index in [-0.39, 0.29) is 5.56 Å². The molecule has 1 N–H and O–H groups in total. The Morgan fingerprint density at radius 2 is 2.27 bits per heavy atom. The normalized spacial score (nSPS) is 16.9. The Labute approximate surface area is 96.2 Å². The zero-order valence-electron chi connectivity index (χ0n) is 8.33. The van der Waals surface area contributed by atoms with Crippen LogP contribution in [0.1, 0.15) is 25.7 Å². The van der Waals surface area contributed by atoms with Gasteiger partial charge in [-0.15, -0.1) is 0 Å². The number of ether oxygens (including phenoxy) is 1. The van der Waals surface area contributed by atoms with Crippen molar-refractivity contribution in [1.29, 1.82) is 0 Å². The molecule has 0 aliphatic heterocycles. The molecule has 1 aromatic rings. The van der Waals surface area contributed by atoms with Crippen molar-refractivity contribution in [2.45, 2.75) is 25.7 Å². The number of aromatic amines is 1. The van der Waals surface area contributed by atoms with Gasteiger partial charge in [0.2, 0.25) is 5.88 Å². The molecule has 0 aromatic carbocycles. The lowest BCUT2D eigenvalue weighted by molar-refractivity contribution is 0.241. The quantitative estimate of drug-likeness (QED) is 0.917. The second-order valence-electron chi connectivity index (χ2n) is 3.81. The minimum atomic E-state index is -0.202. The molecular formula is C10H13BrN2O2. The van der Waals surface area contributed by atoms with Gasteiger partial charge >= 0.3 is 0 Å². The predicted octanol–water partition coefficient (Wildman–Crippen LogP) is 2.10. The highest BCUT2D eigenvalue weighted by Crippen LogP contribution is 2.26. The van der Waals surface area contributed by atoms with Gasteiger partial charge in [0.05, 0.1) is 12.9 Å². The minimum Gasteiger partial charge on any atom is -0.476 e. The van der Waals surface area contributed by atoms with Crippen LogP contribution >= 0.6 is 15.9 Å². The molecule has 0 amide bonds. The van der Waals surface area contributed by atoms with Gasteiger partial charge in [-0.2, -0.15) is 0 Å². The van der Waals surface area contributed by atoms with Crippen molar-refractivity contribution in [2.24, 2.45) is 5.92 Å². The number of hydrogen-bond acceptors (Lipinski definition) is 3. The van der Waals surface area contributed by atoms with E-state index < -0.39 is 0 Å². The minimum absolute atomic E-state index is 0.202. The third-order valence-electron chi connectivity index (χ3n) is 2.70. The molecule has 0 unspecified atom stereocenters. The average Bonchev–Trinajstić information content (AvgIpc) is 2.73. The molecule has 1 aliphatic carbocycles. The lowest BCUT2D eigenvalue weighted by atomic mass is 10.1. The molecule has 0 atom stereocenters. The molecule has 15 heavy (non-hydrogen) atoms. The summed E-state index contributed by atoms with van der Waals surface area (Å²) in [4.78, 5) is 17.7. The monoisotopic (exact) mass is 272 g/mol. The molecule has 0 radical (unpaired) electrons. The molecule has 4 nitrogen and oxygen atoms in total. The molecule has 0 bridgehead atoms. The van der Waals surface area contributed by atoms with Gasteiger partial charge in [0.25, 0.3) is 5.56 Å². The van der Waals surface area contributed by atoms with E-state index in [0.717, 1.165) is 0 Å². The van der Waals surface area contributed by atoms with Gasteiger partial charge < -0.3 is 9.72 Å². The maximum absolute atomic E-state index is 11.2. The lowest BCUT2D eigenvalue weighted by Crippen LogP contribution is -2.13. The van der Waals surface area contributed by atoms with Crippen LogP contribution in [0.2, 0.25) is 0 Å². The summed E-state index contributed by atoms with van der Waals surface area (Å²) in [5.74, 6) is 1.02. The lowest BCUT2D eigenvalue weighted by Gasteiger charge is -2.10. The number of aromatic nitrogens is 2. The Morgan fingerprint density at radius 3 is 3.00 bits per heavy atom. The van der Waals surface area contributed by atoms with Gasteiger partial charge in [-0.05, 0) is 34.7 Å². The first-order chi connectivity index (χ1) is 7.27. The van der Waals surface area contributed by atoms with Crippen LogP contribution in [0, 0.1) is 5.92 Å². The average molecular weight is 273 g/mol. The summed E-state index contributed by atoms with van der Waals surface area (Å²) in [5.41, 5.74) is -0.202. The highest BCUT2D eigenvalue weighted by atomic mass is 79.9. The van der Waals surface area contributed by atoms with E-state index in [0.29, 0.717) is 22.9 Å². The first-order valence-corrected chi connectivity index (χ1v) is 5.92. The van der Waals surface area contributed by atoms with E-state index in [2.05, 4.69) is 25.9 Å². The number of nitrogens with zero attached hydrogens (tertiary/aromatic N) is 1. The molecular weight excluding hydrogens is 260 g/mol. The van der Waals surface area contributed by atoms with Gasteiger partial charge in [-0.3, -0.25) is 4.79 Å². The van der Waals surface area contributed by atoms with Crippen LogP contribution in [-0.2, 0) is 0 Å². The molecule has 1 fully saturated rings. The number of hydrogen-bond donors (Lipinski definition) is 1. The third-order valence-corrected chi connectivity index (χ3v) is 3.39. The van der Waals surface area contributed by atoms with E-state index in [1.54, 1.807) is 0 Å². The summed E-state index contributed by atoms with van der Waals surface area (Å²) in [5, 5.41) is 0. The Hall–Kier alpha value is -0.840. The van der Waals surface area contributed by atoms with Gasteiger partial charge in [0.15, 0.2) is 0 Å². The Kier molecular flexibility index (Phi) is 3.41. The van der Waals surface area contributed by atoms with Crippen molar-refractivity contribution >= 4 is 15.9 Å². The van der Waals surface area contributed by atoms with E-state index in [1.807, 2.05) is 0 Å². The van der Waals surface area contributed by atoms with Crippen LogP contribution in [0.5, 0.6) is 5.88 Å². The SMILES string of the molecule is O=c1[nH]cnc(OCC2CCCC2)c1Br. The van der Waals surface area contributed by atoms with E-state index in [4.69, 9.17) is 4.74 Å². The Bertz CT molecular complexity index is 385. The van der Waals surface area contributed by atoms with Gasteiger partial charge in [-0.25, -0.2) is 4.98 Å². The third kappa shape index (κ3) is 2.59. The van der Waals surface area contributed by atoms with Crippen molar-refractivity contribution in [3.8, 4) is 5.88 Å². The molecule has 5 heteroatoms. The first kappa shape index (κ1) is 10.7. The Morgan fingerprint density at radius 1 is 1.53 bits per heavy atom. The summed E-state index contributed by atoms with van der Waals surface area (Å²) in [6.07, 6.45) is 6.38. The second kappa shape index (κ2) is 4.79. The van der Waals surface area contributed by atoms with Gasteiger partial charge in [0.1, 0.15) is 4.47 Å². The smallest absolute Gasteiger partial charge is 0.268 e. The van der Waals surface area contributed by atoms with E-state index in [1.165, 1.54) is 32.0 Å². The van der Waals surface area contributed by atoms with E-state index >= 15 is 0 Å². The molecule has 0 saturated heterocycles. The summed E-state index contributed by atoms with van der Waals surface area (Å²) in [6, 6.07) is 0. The van der Waals surface area contributed by atoms with Crippen molar-refractivity contribution in [1.82, 2.24) is 9.97 Å². The van der Waals surface area contributed by atoms with Crippen molar-refractivity contribution in [3.63, 3.8) is 0 Å². The molecule has 82 valence electrons. The van der Waals surface area contributed by atoms with Crippen LogP contribution in [0.4, 0.5) is 0 Å². The van der Waals surface area contributed by atoms with Crippen LogP contribution < -0.4 is 10.3 Å². The maximum Gasteiger partial charge on any atom is 0.268 e. The van der Waals surface area contributed by atoms with Gasteiger partial charge in [-0.1, -0.05) is 12.8 Å². The summed E-state index contributed by atoms with van der Waals surface area (Å²) in [6.45, 7) is 0.662.